The van der Waals surface area contributed by atoms with Gasteiger partial charge in [0.15, 0.2) is 0 Å². The van der Waals surface area contributed by atoms with Crippen LogP contribution in [0.5, 0.6) is 0 Å². The van der Waals surface area contributed by atoms with Gasteiger partial charge in [-0.1, -0.05) is 32.8 Å². The molecule has 18 heavy (non-hydrogen) atoms. The fourth-order valence-electron chi connectivity index (χ4n) is 3.30. The minimum atomic E-state index is 0.590. The van der Waals surface area contributed by atoms with Gasteiger partial charge in [-0.05, 0) is 53.4 Å². The van der Waals surface area contributed by atoms with E-state index < -0.39 is 0 Å². The first-order valence-electron chi connectivity index (χ1n) is 7.11. The molecule has 1 aliphatic heterocycles. The lowest BCUT2D eigenvalue weighted by molar-refractivity contribution is 0.173. The summed E-state index contributed by atoms with van der Waals surface area (Å²) in [5.41, 5.74) is 3.31. The highest BCUT2D eigenvalue weighted by Crippen LogP contribution is 2.43. The second-order valence-electron chi connectivity index (χ2n) is 5.81. The number of benzene rings is 1. The van der Waals surface area contributed by atoms with Gasteiger partial charge in [-0.3, -0.25) is 0 Å². The SMILES string of the molecule is CCCC1(CCC)CN(c2cc(C)ccc2Br)C1. The minimum absolute atomic E-state index is 0.590. The van der Waals surface area contributed by atoms with E-state index in [0.29, 0.717) is 5.41 Å². The molecule has 0 unspecified atom stereocenters. The molecule has 1 aromatic rings. The van der Waals surface area contributed by atoms with Crippen molar-refractivity contribution in [1.82, 2.24) is 0 Å². The van der Waals surface area contributed by atoms with Crippen molar-refractivity contribution in [1.29, 1.82) is 0 Å². The molecule has 2 heteroatoms. The topological polar surface area (TPSA) is 3.24 Å². The van der Waals surface area contributed by atoms with E-state index in [4.69, 9.17) is 0 Å². The standard InChI is InChI=1S/C16H24BrN/c1-4-8-16(9-5-2)11-18(12-16)15-10-13(3)6-7-14(15)17/h6-7,10H,4-5,8-9,11-12H2,1-3H3. The molecule has 0 spiro atoms. The molecule has 0 aromatic heterocycles. The summed E-state index contributed by atoms with van der Waals surface area (Å²) in [7, 11) is 0. The Labute approximate surface area is 120 Å². The Bertz CT molecular complexity index is 400. The van der Waals surface area contributed by atoms with Crippen LogP contribution in [0.3, 0.4) is 0 Å². The third-order valence-corrected chi connectivity index (χ3v) is 4.73. The Hall–Kier alpha value is -0.500. The summed E-state index contributed by atoms with van der Waals surface area (Å²) in [6, 6.07) is 6.63. The number of aryl methyl sites for hydroxylation is 1. The average molecular weight is 310 g/mol. The molecule has 1 aliphatic rings. The summed E-state index contributed by atoms with van der Waals surface area (Å²) in [6.07, 6.45) is 5.37. The van der Waals surface area contributed by atoms with Crippen LogP contribution < -0.4 is 4.90 Å². The first-order valence-corrected chi connectivity index (χ1v) is 7.90. The van der Waals surface area contributed by atoms with Crippen LogP contribution in [-0.4, -0.2) is 13.1 Å². The van der Waals surface area contributed by atoms with E-state index in [9.17, 15) is 0 Å². The third-order valence-electron chi connectivity index (χ3n) is 4.06. The van der Waals surface area contributed by atoms with E-state index in [2.05, 4.69) is 59.8 Å². The molecule has 0 radical (unpaired) electrons. The molecule has 0 bridgehead atoms. The molecular formula is C16H24BrN. The number of hydrogen-bond donors (Lipinski definition) is 0. The second kappa shape index (κ2) is 5.64. The molecule has 1 saturated heterocycles. The summed E-state index contributed by atoms with van der Waals surface area (Å²) in [5.74, 6) is 0. The van der Waals surface area contributed by atoms with Crippen molar-refractivity contribution in [2.24, 2.45) is 5.41 Å². The van der Waals surface area contributed by atoms with Crippen LogP contribution in [0.2, 0.25) is 0 Å². The Morgan fingerprint density at radius 3 is 2.33 bits per heavy atom. The summed E-state index contributed by atoms with van der Waals surface area (Å²) < 4.78 is 1.23. The number of anilines is 1. The molecule has 0 saturated carbocycles. The molecule has 1 nitrogen and oxygen atoms in total. The van der Waals surface area contributed by atoms with Crippen LogP contribution in [0.4, 0.5) is 5.69 Å². The smallest absolute Gasteiger partial charge is 0.0513 e. The monoisotopic (exact) mass is 309 g/mol. The van der Waals surface area contributed by atoms with Crippen molar-refractivity contribution in [3.8, 4) is 0 Å². The minimum Gasteiger partial charge on any atom is -0.369 e. The van der Waals surface area contributed by atoms with Crippen molar-refractivity contribution < 1.29 is 0 Å². The molecular weight excluding hydrogens is 286 g/mol. The van der Waals surface area contributed by atoms with E-state index in [0.717, 1.165) is 0 Å². The van der Waals surface area contributed by atoms with Gasteiger partial charge in [-0.25, -0.2) is 0 Å². The summed E-state index contributed by atoms with van der Waals surface area (Å²) in [6.45, 7) is 9.25. The molecule has 0 amide bonds. The molecule has 0 N–H and O–H groups in total. The fourth-order valence-corrected chi connectivity index (χ4v) is 3.80. The number of nitrogens with zero attached hydrogens (tertiary/aromatic N) is 1. The molecule has 1 fully saturated rings. The Morgan fingerprint density at radius 1 is 1.17 bits per heavy atom. The molecule has 1 aromatic carbocycles. The summed E-state index contributed by atoms with van der Waals surface area (Å²) >= 11 is 3.68. The van der Waals surface area contributed by atoms with Crippen LogP contribution in [0.1, 0.15) is 45.1 Å². The van der Waals surface area contributed by atoms with Gasteiger partial charge in [0.25, 0.3) is 0 Å². The normalized spacial score (nSPS) is 17.7. The van der Waals surface area contributed by atoms with Crippen molar-refractivity contribution in [3.63, 3.8) is 0 Å². The predicted octanol–water partition coefficient (Wildman–Crippen LogP) is 5.16. The number of hydrogen-bond acceptors (Lipinski definition) is 1. The summed E-state index contributed by atoms with van der Waals surface area (Å²) in [5, 5.41) is 0. The van der Waals surface area contributed by atoms with Gasteiger partial charge in [0, 0.05) is 23.0 Å². The van der Waals surface area contributed by atoms with Gasteiger partial charge in [-0.15, -0.1) is 0 Å². The molecule has 2 rings (SSSR count). The maximum Gasteiger partial charge on any atom is 0.0513 e. The first-order chi connectivity index (χ1) is 8.60. The van der Waals surface area contributed by atoms with Crippen molar-refractivity contribution >= 4 is 21.6 Å². The largest absolute Gasteiger partial charge is 0.369 e. The average Bonchev–Trinajstić information content (AvgIpc) is 2.29. The zero-order valence-electron chi connectivity index (χ0n) is 11.8. The fraction of sp³-hybridized carbons (Fsp3) is 0.625. The molecule has 0 atom stereocenters. The van der Waals surface area contributed by atoms with E-state index in [1.807, 2.05) is 0 Å². The zero-order chi connectivity index (χ0) is 13.2. The second-order valence-corrected chi connectivity index (χ2v) is 6.67. The molecule has 100 valence electrons. The Kier molecular flexibility index (Phi) is 4.37. The van der Waals surface area contributed by atoms with Gasteiger partial charge in [0.2, 0.25) is 0 Å². The highest BCUT2D eigenvalue weighted by molar-refractivity contribution is 9.10. The Morgan fingerprint density at radius 2 is 1.78 bits per heavy atom. The predicted molar refractivity (Wildman–Crippen MR) is 83.3 cm³/mol. The van der Waals surface area contributed by atoms with E-state index >= 15 is 0 Å². The van der Waals surface area contributed by atoms with Gasteiger partial charge >= 0.3 is 0 Å². The Balaban J connectivity index is 2.08. The van der Waals surface area contributed by atoms with Crippen LogP contribution in [0.25, 0.3) is 0 Å². The van der Waals surface area contributed by atoms with Gasteiger partial charge < -0.3 is 4.90 Å². The van der Waals surface area contributed by atoms with Crippen molar-refractivity contribution in [3.05, 3.63) is 28.2 Å². The van der Waals surface area contributed by atoms with Gasteiger partial charge in [0.05, 0.1) is 5.69 Å². The van der Waals surface area contributed by atoms with E-state index in [-0.39, 0.29) is 0 Å². The third kappa shape index (κ3) is 2.74. The lowest BCUT2D eigenvalue weighted by atomic mass is 9.72. The van der Waals surface area contributed by atoms with Crippen molar-refractivity contribution in [2.75, 3.05) is 18.0 Å². The highest BCUT2D eigenvalue weighted by Gasteiger charge is 2.41. The lowest BCUT2D eigenvalue weighted by Gasteiger charge is -2.52. The van der Waals surface area contributed by atoms with Gasteiger partial charge in [-0.2, -0.15) is 0 Å². The zero-order valence-corrected chi connectivity index (χ0v) is 13.4. The summed E-state index contributed by atoms with van der Waals surface area (Å²) in [4.78, 5) is 2.53. The molecule has 0 aliphatic carbocycles. The van der Waals surface area contributed by atoms with E-state index in [1.165, 1.54) is 54.5 Å². The number of halogens is 1. The van der Waals surface area contributed by atoms with Crippen LogP contribution in [-0.2, 0) is 0 Å². The number of rotatable bonds is 5. The maximum absolute atomic E-state index is 3.68. The van der Waals surface area contributed by atoms with Crippen LogP contribution in [0.15, 0.2) is 22.7 Å². The quantitative estimate of drug-likeness (QED) is 0.725. The highest BCUT2D eigenvalue weighted by atomic mass is 79.9. The first kappa shape index (κ1) is 13.9. The maximum atomic E-state index is 3.68. The van der Waals surface area contributed by atoms with Crippen LogP contribution in [0, 0.1) is 12.3 Å². The van der Waals surface area contributed by atoms with Gasteiger partial charge in [0.1, 0.15) is 0 Å². The van der Waals surface area contributed by atoms with E-state index in [1.54, 1.807) is 0 Å². The molecule has 1 heterocycles. The van der Waals surface area contributed by atoms with Crippen LogP contribution >= 0.6 is 15.9 Å². The lowest BCUT2D eigenvalue weighted by Crippen LogP contribution is -2.56. The van der Waals surface area contributed by atoms with Crippen molar-refractivity contribution in [2.45, 2.75) is 46.5 Å².